The highest BCUT2D eigenvalue weighted by Crippen LogP contribution is 2.53. The molecule has 2 aromatic rings. The monoisotopic (exact) mass is 467 g/mol. The van der Waals surface area contributed by atoms with Crippen LogP contribution in [-0.2, 0) is 19.6 Å². The number of aliphatic hydroxyl groups is 1. The van der Waals surface area contributed by atoms with Crippen LogP contribution in [0, 0.1) is 12.8 Å². The molecule has 1 atom stereocenters. The Morgan fingerprint density at radius 1 is 1.06 bits per heavy atom. The Balaban J connectivity index is 1.48. The normalized spacial score (nSPS) is 21.2. The number of rotatable bonds is 6. The summed E-state index contributed by atoms with van der Waals surface area (Å²) < 4.78 is 34.2. The summed E-state index contributed by atoms with van der Waals surface area (Å²) in [4.78, 5) is 13.2. The van der Waals surface area contributed by atoms with Crippen LogP contribution in [0.2, 0.25) is 0 Å². The summed E-state index contributed by atoms with van der Waals surface area (Å²) in [5.74, 6) is -0.410. The second kappa shape index (κ2) is 8.20. The molecule has 0 amide bonds. The van der Waals surface area contributed by atoms with Gasteiger partial charge in [-0.15, -0.1) is 0 Å². The molecular weight excluding hydrogens is 438 g/mol. The molecule has 2 aromatic carbocycles. The second-order valence-corrected chi connectivity index (χ2v) is 11.2. The first kappa shape index (κ1) is 22.0. The quantitative estimate of drug-likeness (QED) is 0.558. The van der Waals surface area contributed by atoms with Gasteiger partial charge in [-0.3, -0.25) is 4.72 Å². The lowest BCUT2D eigenvalue weighted by molar-refractivity contribution is -0.151. The second-order valence-electron chi connectivity index (χ2n) is 9.57. The Bertz CT molecular complexity index is 1210. The van der Waals surface area contributed by atoms with Crippen molar-refractivity contribution < 1.29 is 23.1 Å². The minimum Gasteiger partial charge on any atom is -0.507 e. The summed E-state index contributed by atoms with van der Waals surface area (Å²) in [5, 5.41) is 11.2. The van der Waals surface area contributed by atoms with E-state index in [4.69, 9.17) is 4.74 Å². The lowest BCUT2D eigenvalue weighted by atomic mass is 9.79. The van der Waals surface area contributed by atoms with E-state index >= 15 is 0 Å². The molecule has 5 rings (SSSR count). The molecule has 33 heavy (non-hydrogen) atoms. The zero-order valence-corrected chi connectivity index (χ0v) is 19.5. The topological polar surface area (TPSA) is 92.7 Å². The molecule has 2 aliphatic carbocycles. The average molecular weight is 468 g/mol. The minimum absolute atomic E-state index is 0.0924. The van der Waals surface area contributed by atoms with Gasteiger partial charge in [0, 0.05) is 11.6 Å². The van der Waals surface area contributed by atoms with Crippen LogP contribution in [0.15, 0.2) is 64.8 Å². The zero-order valence-electron chi connectivity index (χ0n) is 18.7. The summed E-state index contributed by atoms with van der Waals surface area (Å²) >= 11 is 0. The lowest BCUT2D eigenvalue weighted by Crippen LogP contribution is -2.34. The molecule has 1 heterocycles. The number of aryl methyl sites for hydroxylation is 1. The van der Waals surface area contributed by atoms with Crippen LogP contribution in [-0.4, -0.2) is 25.1 Å². The molecular formula is C26H29NO5S. The molecule has 3 aliphatic rings. The zero-order chi connectivity index (χ0) is 23.2. The Kier molecular flexibility index (Phi) is 5.47. The van der Waals surface area contributed by atoms with Gasteiger partial charge in [-0.1, -0.05) is 36.2 Å². The summed E-state index contributed by atoms with van der Waals surface area (Å²) in [6, 6.07) is 13.8. The summed E-state index contributed by atoms with van der Waals surface area (Å²) in [7, 11) is -3.74. The van der Waals surface area contributed by atoms with Crippen LogP contribution >= 0.6 is 0 Å². The van der Waals surface area contributed by atoms with Crippen molar-refractivity contribution in [1.82, 2.24) is 0 Å². The highest BCUT2D eigenvalue weighted by Gasteiger charge is 2.52. The fraction of sp³-hybridized carbons (Fsp3) is 0.423. The largest absolute Gasteiger partial charge is 0.507 e. The van der Waals surface area contributed by atoms with Gasteiger partial charge in [0.15, 0.2) is 5.60 Å². The van der Waals surface area contributed by atoms with Gasteiger partial charge < -0.3 is 9.84 Å². The molecule has 1 unspecified atom stereocenters. The van der Waals surface area contributed by atoms with Crippen LogP contribution in [0.25, 0.3) is 0 Å². The number of hydrogen-bond donors (Lipinski definition) is 2. The maximum Gasteiger partial charge on any atom is 0.339 e. The molecule has 174 valence electrons. The molecule has 7 heteroatoms. The van der Waals surface area contributed by atoms with E-state index in [1.165, 1.54) is 0 Å². The molecule has 1 aliphatic heterocycles. The van der Waals surface area contributed by atoms with Crippen LogP contribution in [0.5, 0.6) is 0 Å². The Morgan fingerprint density at radius 2 is 1.76 bits per heavy atom. The molecule has 0 bridgehead atoms. The fourth-order valence-electron chi connectivity index (χ4n) is 5.19. The number of carbonyl (C=O) groups excluding carboxylic acids is 1. The first-order valence-corrected chi connectivity index (χ1v) is 13.1. The number of ether oxygens (including phenoxy) is 1. The number of hydrogen-bond acceptors (Lipinski definition) is 5. The molecule has 2 N–H and O–H groups in total. The van der Waals surface area contributed by atoms with Gasteiger partial charge in [0.25, 0.3) is 10.0 Å². The summed E-state index contributed by atoms with van der Waals surface area (Å²) in [5.41, 5.74) is 1.71. The highest BCUT2D eigenvalue weighted by molar-refractivity contribution is 7.92. The summed E-state index contributed by atoms with van der Waals surface area (Å²) in [6.45, 7) is 1.90. The molecule has 2 fully saturated rings. The Morgan fingerprint density at radius 3 is 2.42 bits per heavy atom. The van der Waals surface area contributed by atoms with Gasteiger partial charge in [-0.2, -0.15) is 0 Å². The average Bonchev–Trinajstić information content (AvgIpc) is 3.59. The van der Waals surface area contributed by atoms with Crippen molar-refractivity contribution in [1.29, 1.82) is 0 Å². The van der Waals surface area contributed by atoms with Crippen molar-refractivity contribution in [3.8, 4) is 0 Å². The van der Waals surface area contributed by atoms with Crippen molar-refractivity contribution in [2.24, 2.45) is 5.92 Å². The van der Waals surface area contributed by atoms with E-state index in [9.17, 15) is 18.3 Å². The molecule has 2 saturated carbocycles. The number of carbonyl (C=O) groups is 1. The molecule has 0 radical (unpaired) electrons. The maximum absolute atomic E-state index is 13.0. The molecule has 1 spiro atoms. The number of anilines is 1. The van der Waals surface area contributed by atoms with Crippen LogP contribution in [0.3, 0.4) is 0 Å². The minimum atomic E-state index is -3.74. The van der Waals surface area contributed by atoms with E-state index in [0.717, 1.165) is 43.2 Å². The Labute approximate surface area is 194 Å². The standard InChI is InChI=1S/C26H29NO5S/c1-17-8-12-21(13-9-17)33(30,31)27-20-7-5-6-19(16-20)22(18-10-11-18)23-24(28)26(32-25(23)29)14-3-2-4-15-26/h5-9,12-13,16,18,22,27-28H,2-4,10-11,14-15H2,1H3. The fourth-order valence-corrected chi connectivity index (χ4v) is 6.24. The van der Waals surface area contributed by atoms with Gasteiger partial charge in [0.1, 0.15) is 5.76 Å². The third-order valence-electron chi connectivity index (χ3n) is 7.09. The predicted molar refractivity (Wildman–Crippen MR) is 125 cm³/mol. The SMILES string of the molecule is Cc1ccc(S(=O)(=O)Nc2cccc(C(C3=C(O)C4(CCCCC4)OC3=O)C3CC3)c2)cc1. The van der Waals surface area contributed by atoms with E-state index in [-0.39, 0.29) is 22.5 Å². The molecule has 6 nitrogen and oxygen atoms in total. The lowest BCUT2D eigenvalue weighted by Gasteiger charge is -2.31. The third kappa shape index (κ3) is 4.14. The highest BCUT2D eigenvalue weighted by atomic mass is 32.2. The molecule has 0 aromatic heterocycles. The van der Waals surface area contributed by atoms with Gasteiger partial charge >= 0.3 is 5.97 Å². The first-order chi connectivity index (χ1) is 15.8. The van der Waals surface area contributed by atoms with Crippen LogP contribution in [0.1, 0.15) is 62.0 Å². The first-order valence-electron chi connectivity index (χ1n) is 11.7. The predicted octanol–water partition coefficient (Wildman–Crippen LogP) is 5.36. The number of benzene rings is 2. The number of nitrogens with one attached hydrogen (secondary N) is 1. The number of sulfonamides is 1. The molecule has 0 saturated heterocycles. The number of esters is 1. The maximum atomic E-state index is 13.0. The summed E-state index contributed by atoms with van der Waals surface area (Å²) in [6.07, 6.45) is 6.16. The smallest absolute Gasteiger partial charge is 0.339 e. The van der Waals surface area contributed by atoms with E-state index in [1.54, 1.807) is 42.5 Å². The number of aliphatic hydroxyl groups excluding tert-OH is 1. The Hall–Kier alpha value is -2.80. The van der Waals surface area contributed by atoms with Crippen molar-refractivity contribution in [3.05, 3.63) is 71.0 Å². The van der Waals surface area contributed by atoms with Crippen molar-refractivity contribution in [2.75, 3.05) is 4.72 Å². The van der Waals surface area contributed by atoms with Crippen LogP contribution < -0.4 is 4.72 Å². The van der Waals surface area contributed by atoms with E-state index in [1.807, 2.05) is 13.0 Å². The van der Waals surface area contributed by atoms with E-state index in [2.05, 4.69) is 4.72 Å². The van der Waals surface area contributed by atoms with Crippen molar-refractivity contribution in [3.63, 3.8) is 0 Å². The van der Waals surface area contributed by atoms with Crippen LogP contribution in [0.4, 0.5) is 5.69 Å². The van der Waals surface area contributed by atoms with E-state index in [0.29, 0.717) is 24.1 Å². The van der Waals surface area contributed by atoms with Gasteiger partial charge in [0.05, 0.1) is 10.5 Å². The van der Waals surface area contributed by atoms with Gasteiger partial charge in [-0.25, -0.2) is 13.2 Å². The van der Waals surface area contributed by atoms with Crippen molar-refractivity contribution >= 4 is 21.7 Å². The van der Waals surface area contributed by atoms with Gasteiger partial charge in [0.2, 0.25) is 0 Å². The van der Waals surface area contributed by atoms with Crippen molar-refractivity contribution in [2.45, 2.75) is 68.3 Å². The van der Waals surface area contributed by atoms with Gasteiger partial charge in [-0.05, 0) is 81.2 Å². The van der Waals surface area contributed by atoms with E-state index < -0.39 is 21.6 Å². The third-order valence-corrected chi connectivity index (χ3v) is 8.49.